The number of aryl methyl sites for hydroxylation is 1. The van der Waals surface area contributed by atoms with E-state index in [2.05, 4.69) is 77.8 Å². The van der Waals surface area contributed by atoms with E-state index in [9.17, 15) is 9.59 Å². The number of anilines is 2. The van der Waals surface area contributed by atoms with Gasteiger partial charge in [0.1, 0.15) is 0 Å². The van der Waals surface area contributed by atoms with Crippen molar-refractivity contribution in [2.24, 2.45) is 5.92 Å². The Kier molecular flexibility index (Phi) is 8.98. The van der Waals surface area contributed by atoms with Gasteiger partial charge in [-0.3, -0.25) is 9.59 Å². The smallest absolute Gasteiger partial charge is 0.232 e. The molecule has 0 spiro atoms. The topological polar surface area (TPSA) is 49.4 Å². The number of piperidine rings is 1. The third-order valence-corrected chi connectivity index (χ3v) is 8.75. The molecule has 1 fully saturated rings. The Morgan fingerprint density at radius 3 is 2.02 bits per heavy atom. The normalized spacial score (nSPS) is 14.2. The molecule has 1 aliphatic rings. The Labute approximate surface area is 260 Å². The van der Waals surface area contributed by atoms with Crippen LogP contribution in [0.2, 0.25) is 0 Å². The van der Waals surface area contributed by atoms with Crippen LogP contribution in [-0.2, 0) is 11.2 Å². The summed E-state index contributed by atoms with van der Waals surface area (Å²) in [6, 6.07) is 44.5. The number of nitrogens with one attached hydrogen (secondary N) is 1. The standard InChI is InChI=1S/C40H38N2O2/c1-29-16-20-31(21-17-29)36-14-8-9-15-37(36)38(43)28-30-18-22-35(23-19-30)42-26-24-33(25-27-42)39(32-10-4-2-5-11-32)40(44)41-34-12-6-3-7-13-34/h2-23,33,39H,24-28H2,1H3,(H,41,44). The lowest BCUT2D eigenvalue weighted by atomic mass is 9.79. The number of nitrogens with zero attached hydrogens (tertiary/aromatic N) is 1. The van der Waals surface area contributed by atoms with Gasteiger partial charge in [0.25, 0.3) is 0 Å². The van der Waals surface area contributed by atoms with Crippen LogP contribution in [0, 0.1) is 12.8 Å². The zero-order chi connectivity index (χ0) is 30.3. The summed E-state index contributed by atoms with van der Waals surface area (Å²) in [5, 5.41) is 3.15. The van der Waals surface area contributed by atoms with Crippen LogP contribution < -0.4 is 10.2 Å². The van der Waals surface area contributed by atoms with Gasteiger partial charge in [-0.05, 0) is 72.2 Å². The molecular formula is C40H38N2O2. The molecule has 1 atom stereocenters. The fraction of sp³-hybridized carbons (Fsp3) is 0.200. The van der Waals surface area contributed by atoms with Crippen molar-refractivity contribution in [2.75, 3.05) is 23.3 Å². The molecule has 1 N–H and O–H groups in total. The van der Waals surface area contributed by atoms with Crippen molar-refractivity contribution >= 4 is 23.1 Å². The van der Waals surface area contributed by atoms with E-state index >= 15 is 0 Å². The van der Waals surface area contributed by atoms with Gasteiger partial charge < -0.3 is 10.2 Å². The fourth-order valence-corrected chi connectivity index (χ4v) is 6.35. The average molecular weight is 579 g/mol. The van der Waals surface area contributed by atoms with Crippen LogP contribution in [0.1, 0.15) is 45.8 Å². The Hall–Kier alpha value is -4.96. The number of Topliss-reactive ketones (excluding diaryl/α,β-unsaturated/α-hetero) is 1. The third-order valence-electron chi connectivity index (χ3n) is 8.75. The summed E-state index contributed by atoms with van der Waals surface area (Å²) < 4.78 is 0. The molecule has 0 radical (unpaired) electrons. The first-order valence-corrected chi connectivity index (χ1v) is 15.5. The number of hydrogen-bond acceptors (Lipinski definition) is 3. The highest BCUT2D eigenvalue weighted by molar-refractivity contribution is 6.03. The molecule has 1 aliphatic heterocycles. The number of hydrogen-bond donors (Lipinski definition) is 1. The molecule has 1 amide bonds. The molecule has 1 unspecified atom stereocenters. The fourth-order valence-electron chi connectivity index (χ4n) is 6.35. The maximum Gasteiger partial charge on any atom is 0.232 e. The highest BCUT2D eigenvalue weighted by Gasteiger charge is 2.33. The van der Waals surface area contributed by atoms with E-state index in [-0.39, 0.29) is 23.5 Å². The predicted molar refractivity (Wildman–Crippen MR) is 180 cm³/mol. The number of rotatable bonds is 9. The van der Waals surface area contributed by atoms with Crippen LogP contribution in [0.5, 0.6) is 0 Å². The van der Waals surface area contributed by atoms with Crippen LogP contribution in [0.4, 0.5) is 11.4 Å². The molecule has 0 bridgehead atoms. The number of para-hydroxylation sites is 1. The Bertz CT molecular complexity index is 1690. The molecule has 1 heterocycles. The number of carbonyl (C=O) groups is 2. The van der Waals surface area contributed by atoms with Gasteiger partial charge in [0.05, 0.1) is 5.92 Å². The van der Waals surface area contributed by atoms with Crippen molar-refractivity contribution in [3.8, 4) is 11.1 Å². The molecule has 4 nitrogen and oxygen atoms in total. The van der Waals surface area contributed by atoms with Crippen LogP contribution in [-0.4, -0.2) is 24.8 Å². The van der Waals surface area contributed by atoms with Crippen molar-refractivity contribution in [1.29, 1.82) is 0 Å². The van der Waals surface area contributed by atoms with Crippen LogP contribution in [0.15, 0.2) is 133 Å². The SMILES string of the molecule is Cc1ccc(-c2ccccc2C(=O)Cc2ccc(N3CCC(C(C(=O)Nc4ccccc4)c4ccccc4)CC3)cc2)cc1. The van der Waals surface area contributed by atoms with E-state index in [1.54, 1.807) is 0 Å². The highest BCUT2D eigenvalue weighted by atomic mass is 16.2. The summed E-state index contributed by atoms with van der Waals surface area (Å²) in [6.07, 6.45) is 2.22. The lowest BCUT2D eigenvalue weighted by molar-refractivity contribution is -0.118. The summed E-state index contributed by atoms with van der Waals surface area (Å²) in [4.78, 5) is 29.4. The minimum absolute atomic E-state index is 0.0545. The van der Waals surface area contributed by atoms with Crippen LogP contribution >= 0.6 is 0 Å². The Morgan fingerprint density at radius 1 is 0.727 bits per heavy atom. The number of carbonyl (C=O) groups excluding carboxylic acids is 2. The van der Waals surface area contributed by atoms with E-state index in [1.807, 2.05) is 72.8 Å². The molecule has 6 rings (SSSR count). The first-order valence-electron chi connectivity index (χ1n) is 15.5. The second-order valence-electron chi connectivity index (χ2n) is 11.7. The molecule has 1 saturated heterocycles. The van der Waals surface area contributed by atoms with E-state index < -0.39 is 0 Å². The van der Waals surface area contributed by atoms with Gasteiger partial charge >= 0.3 is 0 Å². The maximum absolute atomic E-state index is 13.6. The Balaban J connectivity index is 1.10. The first kappa shape index (κ1) is 29.1. The molecular weight excluding hydrogens is 540 g/mol. The van der Waals surface area contributed by atoms with Crippen molar-refractivity contribution in [3.63, 3.8) is 0 Å². The van der Waals surface area contributed by atoms with Gasteiger partial charge in [-0.25, -0.2) is 0 Å². The van der Waals surface area contributed by atoms with Crippen molar-refractivity contribution in [3.05, 3.63) is 156 Å². The van der Waals surface area contributed by atoms with Crippen LogP contribution in [0.25, 0.3) is 11.1 Å². The number of benzene rings is 5. The minimum atomic E-state index is -0.199. The molecule has 220 valence electrons. The van der Waals surface area contributed by atoms with E-state index in [1.165, 1.54) is 5.56 Å². The molecule has 0 aliphatic carbocycles. The summed E-state index contributed by atoms with van der Waals surface area (Å²) >= 11 is 0. The van der Waals surface area contributed by atoms with Gasteiger partial charge in [0.2, 0.25) is 5.91 Å². The summed E-state index contributed by atoms with van der Waals surface area (Å²) in [5.41, 5.74) is 8.05. The number of ketones is 1. The molecule has 0 saturated carbocycles. The second kappa shape index (κ2) is 13.6. The lowest BCUT2D eigenvalue weighted by Crippen LogP contribution is -2.38. The zero-order valence-corrected chi connectivity index (χ0v) is 25.2. The van der Waals surface area contributed by atoms with Gasteiger partial charge in [-0.2, -0.15) is 0 Å². The number of amides is 1. The summed E-state index contributed by atoms with van der Waals surface area (Å²) in [7, 11) is 0. The highest BCUT2D eigenvalue weighted by Crippen LogP contribution is 2.35. The lowest BCUT2D eigenvalue weighted by Gasteiger charge is -2.37. The van der Waals surface area contributed by atoms with Gasteiger partial charge in [-0.1, -0.05) is 115 Å². The van der Waals surface area contributed by atoms with Gasteiger partial charge in [0, 0.05) is 36.4 Å². The molecule has 0 aromatic heterocycles. The van der Waals surface area contributed by atoms with Crippen molar-refractivity contribution in [2.45, 2.75) is 32.1 Å². The van der Waals surface area contributed by atoms with Crippen molar-refractivity contribution < 1.29 is 9.59 Å². The molecule has 44 heavy (non-hydrogen) atoms. The van der Waals surface area contributed by atoms with Crippen LogP contribution in [0.3, 0.4) is 0 Å². The zero-order valence-electron chi connectivity index (χ0n) is 25.2. The monoisotopic (exact) mass is 578 g/mol. The van der Waals surface area contributed by atoms with E-state index in [0.29, 0.717) is 6.42 Å². The third kappa shape index (κ3) is 6.81. The van der Waals surface area contributed by atoms with E-state index in [4.69, 9.17) is 0 Å². The average Bonchev–Trinajstić information content (AvgIpc) is 3.07. The minimum Gasteiger partial charge on any atom is -0.372 e. The van der Waals surface area contributed by atoms with E-state index in [0.717, 1.165) is 65.1 Å². The summed E-state index contributed by atoms with van der Waals surface area (Å²) in [6.45, 7) is 3.84. The first-order chi connectivity index (χ1) is 21.5. The molecule has 5 aromatic rings. The molecule has 4 heteroatoms. The van der Waals surface area contributed by atoms with Gasteiger partial charge in [-0.15, -0.1) is 0 Å². The Morgan fingerprint density at radius 2 is 1.34 bits per heavy atom. The van der Waals surface area contributed by atoms with Crippen molar-refractivity contribution in [1.82, 2.24) is 0 Å². The maximum atomic E-state index is 13.6. The quantitative estimate of drug-likeness (QED) is 0.178. The largest absolute Gasteiger partial charge is 0.372 e. The molecule has 5 aromatic carbocycles. The second-order valence-corrected chi connectivity index (χ2v) is 11.7. The predicted octanol–water partition coefficient (Wildman–Crippen LogP) is 8.73. The summed E-state index contributed by atoms with van der Waals surface area (Å²) in [5.74, 6) is 0.229. The van der Waals surface area contributed by atoms with Gasteiger partial charge in [0.15, 0.2) is 5.78 Å².